The topological polar surface area (TPSA) is 102 Å². The van der Waals surface area contributed by atoms with Gasteiger partial charge in [-0.1, -0.05) is 11.6 Å². The molecule has 1 aliphatic rings. The van der Waals surface area contributed by atoms with E-state index in [4.69, 9.17) is 16.3 Å². The summed E-state index contributed by atoms with van der Waals surface area (Å²) in [5.74, 6) is -0.825. The Bertz CT molecular complexity index is 695. The van der Waals surface area contributed by atoms with Crippen molar-refractivity contribution in [2.45, 2.75) is 11.7 Å². The number of amides is 1. The number of thioether (sulfide) groups is 1. The number of esters is 1. The number of ether oxygens (including phenoxy) is 1. The second-order valence-corrected chi connectivity index (χ2v) is 8.76. The van der Waals surface area contributed by atoms with E-state index >= 15 is 0 Å². The van der Waals surface area contributed by atoms with Crippen LogP contribution in [0.1, 0.15) is 6.42 Å². The zero-order valence-electron chi connectivity index (χ0n) is 12.0. The molecule has 0 spiro atoms. The molecule has 0 radical (unpaired) electrons. The third-order valence-corrected chi connectivity index (χ3v) is 6.58. The summed E-state index contributed by atoms with van der Waals surface area (Å²) < 4.78 is 27.4. The molecule has 1 fully saturated rings. The van der Waals surface area contributed by atoms with Gasteiger partial charge in [-0.25, -0.2) is 13.4 Å². The Kier molecular flexibility index (Phi) is 6.25. The first-order chi connectivity index (χ1) is 10.9. The average Bonchev–Trinajstić information content (AvgIpc) is 2.85. The van der Waals surface area contributed by atoms with Crippen molar-refractivity contribution in [1.82, 2.24) is 4.98 Å². The monoisotopic (exact) mass is 378 g/mol. The van der Waals surface area contributed by atoms with Crippen molar-refractivity contribution in [2.75, 3.05) is 29.2 Å². The van der Waals surface area contributed by atoms with Gasteiger partial charge in [-0.15, -0.1) is 11.8 Å². The maximum atomic E-state index is 11.7. The Balaban J connectivity index is 1.68. The van der Waals surface area contributed by atoms with Gasteiger partial charge in [0.05, 0.1) is 22.9 Å². The normalized spacial score (nSPS) is 19.3. The molecule has 1 aromatic heterocycles. The largest absolute Gasteiger partial charge is 0.455 e. The summed E-state index contributed by atoms with van der Waals surface area (Å²) in [6.07, 6.45) is 2.03. The van der Waals surface area contributed by atoms with Crippen molar-refractivity contribution >= 4 is 50.8 Å². The van der Waals surface area contributed by atoms with Crippen molar-refractivity contribution < 1.29 is 22.7 Å². The molecule has 10 heteroatoms. The van der Waals surface area contributed by atoms with E-state index in [1.54, 1.807) is 12.1 Å². The van der Waals surface area contributed by atoms with Gasteiger partial charge >= 0.3 is 5.97 Å². The van der Waals surface area contributed by atoms with Crippen LogP contribution in [0.25, 0.3) is 0 Å². The van der Waals surface area contributed by atoms with Gasteiger partial charge in [-0.2, -0.15) is 0 Å². The highest BCUT2D eigenvalue weighted by molar-refractivity contribution is 8.02. The molecular weight excluding hydrogens is 364 g/mol. The third kappa shape index (κ3) is 6.00. The summed E-state index contributed by atoms with van der Waals surface area (Å²) in [6, 6.07) is 3.19. The molecular formula is C13H15ClN2O5S2. The Hall–Kier alpha value is -1.32. The first-order valence-corrected chi connectivity index (χ1v) is 9.98. The molecule has 2 heterocycles. The molecule has 23 heavy (non-hydrogen) atoms. The van der Waals surface area contributed by atoms with Crippen molar-refractivity contribution in [3.8, 4) is 0 Å². The van der Waals surface area contributed by atoms with Crippen LogP contribution in [0.2, 0.25) is 5.15 Å². The van der Waals surface area contributed by atoms with Gasteiger partial charge < -0.3 is 10.1 Å². The molecule has 0 unspecified atom stereocenters. The lowest BCUT2D eigenvalue weighted by Crippen LogP contribution is -2.22. The Morgan fingerprint density at radius 2 is 2.26 bits per heavy atom. The number of sulfone groups is 1. The van der Waals surface area contributed by atoms with Crippen LogP contribution in [-0.4, -0.2) is 54.4 Å². The molecule has 0 aromatic carbocycles. The van der Waals surface area contributed by atoms with E-state index < -0.39 is 28.3 Å². The maximum absolute atomic E-state index is 11.7. The number of aromatic nitrogens is 1. The predicted molar refractivity (Wildman–Crippen MR) is 88.4 cm³/mol. The number of hydrogen-bond donors (Lipinski definition) is 1. The van der Waals surface area contributed by atoms with Gasteiger partial charge in [0.15, 0.2) is 21.6 Å². The second-order valence-electron chi connectivity index (χ2n) is 4.89. The van der Waals surface area contributed by atoms with Crippen LogP contribution in [0, 0.1) is 0 Å². The first kappa shape index (κ1) is 18.0. The van der Waals surface area contributed by atoms with E-state index in [1.165, 1.54) is 18.0 Å². The number of anilines is 1. The molecule has 0 aliphatic carbocycles. The van der Waals surface area contributed by atoms with Gasteiger partial charge in [0.1, 0.15) is 0 Å². The van der Waals surface area contributed by atoms with Crippen LogP contribution >= 0.6 is 23.4 Å². The Labute approximate surface area is 143 Å². The maximum Gasteiger partial charge on any atom is 0.316 e. The highest BCUT2D eigenvalue weighted by atomic mass is 35.5. The summed E-state index contributed by atoms with van der Waals surface area (Å²) in [5, 5.41) is 2.53. The Morgan fingerprint density at radius 1 is 1.48 bits per heavy atom. The zero-order valence-corrected chi connectivity index (χ0v) is 14.4. The van der Waals surface area contributed by atoms with Crippen LogP contribution in [-0.2, 0) is 24.2 Å². The summed E-state index contributed by atoms with van der Waals surface area (Å²) in [7, 11) is -2.96. The van der Waals surface area contributed by atoms with Crippen LogP contribution in [0.3, 0.4) is 0 Å². The minimum absolute atomic E-state index is 0.0150. The lowest BCUT2D eigenvalue weighted by atomic mass is 10.4. The van der Waals surface area contributed by atoms with E-state index in [0.717, 1.165) is 0 Å². The van der Waals surface area contributed by atoms with Crippen molar-refractivity contribution in [2.24, 2.45) is 0 Å². The molecule has 1 amide bonds. The van der Waals surface area contributed by atoms with Crippen molar-refractivity contribution in [3.63, 3.8) is 0 Å². The number of hydrogen-bond acceptors (Lipinski definition) is 7. The highest BCUT2D eigenvalue weighted by Crippen LogP contribution is 2.24. The van der Waals surface area contributed by atoms with Crippen LogP contribution in [0.5, 0.6) is 0 Å². The van der Waals surface area contributed by atoms with E-state index in [-0.39, 0.29) is 27.7 Å². The molecule has 126 valence electrons. The number of nitrogens with zero attached hydrogens (tertiary/aromatic N) is 1. The van der Waals surface area contributed by atoms with Crippen molar-refractivity contribution in [3.05, 3.63) is 23.5 Å². The van der Waals surface area contributed by atoms with Crippen LogP contribution in [0.15, 0.2) is 18.3 Å². The smallest absolute Gasteiger partial charge is 0.316 e. The number of carbonyl (C=O) groups is 2. The first-order valence-electron chi connectivity index (χ1n) is 6.74. The van der Waals surface area contributed by atoms with Crippen molar-refractivity contribution in [1.29, 1.82) is 0 Å². The minimum atomic E-state index is -2.96. The molecule has 7 nitrogen and oxygen atoms in total. The number of halogens is 1. The molecule has 1 aliphatic heterocycles. The van der Waals surface area contributed by atoms with Gasteiger partial charge in [-0.05, 0) is 18.6 Å². The Morgan fingerprint density at radius 3 is 2.91 bits per heavy atom. The average molecular weight is 379 g/mol. The molecule has 1 aromatic rings. The fourth-order valence-corrected chi connectivity index (χ4v) is 5.54. The number of nitrogens with one attached hydrogen (secondary N) is 1. The van der Waals surface area contributed by atoms with Gasteiger partial charge in [-0.3, -0.25) is 9.59 Å². The lowest BCUT2D eigenvalue weighted by Gasteiger charge is -2.09. The summed E-state index contributed by atoms with van der Waals surface area (Å²) in [4.78, 5) is 27.0. The fraction of sp³-hybridized carbons (Fsp3) is 0.462. The molecule has 1 atom stereocenters. The van der Waals surface area contributed by atoms with E-state index in [9.17, 15) is 18.0 Å². The minimum Gasteiger partial charge on any atom is -0.455 e. The lowest BCUT2D eigenvalue weighted by molar-refractivity contribution is -0.144. The molecule has 1 saturated heterocycles. The zero-order chi connectivity index (χ0) is 16.9. The quantitative estimate of drug-likeness (QED) is 0.584. The second kappa shape index (κ2) is 7.98. The fourth-order valence-electron chi connectivity index (χ4n) is 1.93. The highest BCUT2D eigenvalue weighted by Gasteiger charge is 2.28. The predicted octanol–water partition coefficient (Wildman–Crippen LogP) is 1.14. The summed E-state index contributed by atoms with van der Waals surface area (Å²) >= 11 is 7.03. The standard InChI is InChI=1S/C13H15ClN2O5S2/c14-13-10(2-1-4-15-13)16-11(17)6-21-12(18)7-22-9-3-5-23(19,20)8-9/h1-2,4,9H,3,5-8H2,(H,16,17)/t9-/m0/s1. The number of rotatable bonds is 6. The van der Waals surface area contributed by atoms with Crippen LogP contribution < -0.4 is 5.32 Å². The molecule has 1 N–H and O–H groups in total. The SMILES string of the molecule is O=C(COC(=O)CS[C@H]1CCS(=O)(=O)C1)Nc1cccnc1Cl. The van der Waals surface area contributed by atoms with E-state index in [0.29, 0.717) is 12.1 Å². The van der Waals surface area contributed by atoms with Crippen LogP contribution in [0.4, 0.5) is 5.69 Å². The summed E-state index contributed by atoms with van der Waals surface area (Å²) in [6.45, 7) is -0.437. The molecule has 2 rings (SSSR count). The van der Waals surface area contributed by atoms with Gasteiger partial charge in [0, 0.05) is 11.4 Å². The number of carbonyl (C=O) groups excluding carboxylic acids is 2. The molecule has 0 saturated carbocycles. The van der Waals surface area contributed by atoms with E-state index in [1.807, 2.05) is 0 Å². The summed E-state index contributed by atoms with van der Waals surface area (Å²) in [5.41, 5.74) is 0.334. The number of pyridine rings is 1. The third-order valence-electron chi connectivity index (χ3n) is 3.02. The van der Waals surface area contributed by atoms with Gasteiger partial charge in [0.25, 0.3) is 5.91 Å². The molecule has 0 bridgehead atoms. The van der Waals surface area contributed by atoms with Gasteiger partial charge in [0.2, 0.25) is 0 Å². The van der Waals surface area contributed by atoms with E-state index in [2.05, 4.69) is 10.3 Å².